The number of rotatable bonds is 6. The van der Waals surface area contributed by atoms with E-state index in [0.29, 0.717) is 0 Å². The van der Waals surface area contributed by atoms with Crippen LogP contribution in [0.4, 0.5) is 0 Å². The van der Waals surface area contributed by atoms with Crippen molar-refractivity contribution in [3.05, 3.63) is 29.6 Å². The summed E-state index contributed by atoms with van der Waals surface area (Å²) >= 11 is 0. The second kappa shape index (κ2) is 6.58. The van der Waals surface area contributed by atoms with Crippen molar-refractivity contribution in [1.82, 2.24) is 4.98 Å². The minimum Gasteiger partial charge on any atom is -0.261 e. The first-order valence-corrected chi connectivity index (χ1v) is 5.75. The third-order valence-corrected chi connectivity index (χ3v) is 2.67. The predicted molar refractivity (Wildman–Crippen MR) is 61.4 cm³/mol. The van der Waals surface area contributed by atoms with E-state index in [0.717, 1.165) is 0 Å². The smallest absolute Gasteiger partial charge is 0.0404 e. The monoisotopic (exact) mass is 191 g/mol. The number of hydrogen-bond donors (Lipinski definition) is 0. The van der Waals surface area contributed by atoms with Gasteiger partial charge in [-0.3, -0.25) is 4.98 Å². The minimum atomic E-state index is 1.20. The molecule has 1 heteroatoms. The average molecular weight is 191 g/mol. The van der Waals surface area contributed by atoms with Crippen LogP contribution < -0.4 is 0 Å². The molecule has 0 atom stereocenters. The lowest BCUT2D eigenvalue weighted by Gasteiger charge is -2.03. The van der Waals surface area contributed by atoms with Crippen molar-refractivity contribution in [1.29, 1.82) is 0 Å². The second-order valence-electron chi connectivity index (χ2n) is 3.91. The van der Waals surface area contributed by atoms with Gasteiger partial charge in [-0.15, -0.1) is 0 Å². The molecule has 0 N–H and O–H groups in total. The highest BCUT2D eigenvalue weighted by Gasteiger charge is 1.97. The van der Waals surface area contributed by atoms with Crippen LogP contribution in [0.15, 0.2) is 18.3 Å². The van der Waals surface area contributed by atoms with E-state index in [1.807, 2.05) is 12.3 Å². The van der Waals surface area contributed by atoms with Crippen molar-refractivity contribution in [2.45, 2.75) is 52.4 Å². The number of nitrogens with zero attached hydrogens (tertiary/aromatic N) is 1. The fourth-order valence-electron chi connectivity index (χ4n) is 1.70. The third-order valence-electron chi connectivity index (χ3n) is 2.67. The summed E-state index contributed by atoms with van der Waals surface area (Å²) < 4.78 is 0. The van der Waals surface area contributed by atoms with Gasteiger partial charge in [-0.2, -0.15) is 0 Å². The van der Waals surface area contributed by atoms with Crippen LogP contribution in [0.1, 0.15) is 50.3 Å². The van der Waals surface area contributed by atoms with Crippen molar-refractivity contribution in [2.24, 2.45) is 0 Å². The fourth-order valence-corrected chi connectivity index (χ4v) is 1.70. The zero-order valence-corrected chi connectivity index (χ0v) is 9.42. The maximum atomic E-state index is 4.29. The van der Waals surface area contributed by atoms with E-state index in [4.69, 9.17) is 0 Å². The SMILES string of the molecule is CCCCCCCc1cccnc1C. The molecule has 1 aromatic heterocycles. The normalized spacial score (nSPS) is 10.4. The molecule has 0 aliphatic rings. The molecule has 0 bridgehead atoms. The Bertz CT molecular complexity index is 255. The molecule has 0 aliphatic heterocycles. The van der Waals surface area contributed by atoms with E-state index < -0.39 is 0 Å². The molecular formula is C13H21N. The van der Waals surface area contributed by atoms with Gasteiger partial charge in [0.05, 0.1) is 0 Å². The Morgan fingerprint density at radius 1 is 1.14 bits per heavy atom. The summed E-state index contributed by atoms with van der Waals surface area (Å²) in [6.07, 6.45) is 9.84. The van der Waals surface area contributed by atoms with Crippen LogP contribution in [-0.2, 0) is 6.42 Å². The Kier molecular flexibility index (Phi) is 5.28. The number of unbranched alkanes of at least 4 members (excludes halogenated alkanes) is 4. The highest BCUT2D eigenvalue weighted by molar-refractivity contribution is 5.18. The molecule has 0 aromatic carbocycles. The molecule has 0 radical (unpaired) electrons. The predicted octanol–water partition coefficient (Wildman–Crippen LogP) is 3.90. The van der Waals surface area contributed by atoms with Gasteiger partial charge in [0.2, 0.25) is 0 Å². The Morgan fingerprint density at radius 3 is 2.64 bits per heavy atom. The van der Waals surface area contributed by atoms with Crippen molar-refractivity contribution >= 4 is 0 Å². The molecule has 0 unspecified atom stereocenters. The van der Waals surface area contributed by atoms with Crippen LogP contribution >= 0.6 is 0 Å². The number of aryl methyl sites for hydroxylation is 2. The van der Waals surface area contributed by atoms with Crippen molar-refractivity contribution < 1.29 is 0 Å². The molecule has 1 rings (SSSR count). The highest BCUT2D eigenvalue weighted by Crippen LogP contribution is 2.10. The topological polar surface area (TPSA) is 12.9 Å². The van der Waals surface area contributed by atoms with Crippen LogP contribution in [0.2, 0.25) is 0 Å². The molecule has 1 nitrogen and oxygen atoms in total. The van der Waals surface area contributed by atoms with Crippen LogP contribution in [0.25, 0.3) is 0 Å². The average Bonchev–Trinajstić information content (AvgIpc) is 2.20. The molecule has 0 fully saturated rings. The Labute approximate surface area is 87.6 Å². The van der Waals surface area contributed by atoms with Crippen LogP contribution in [0, 0.1) is 6.92 Å². The molecule has 1 heterocycles. The first-order valence-electron chi connectivity index (χ1n) is 5.75. The van der Waals surface area contributed by atoms with E-state index in [9.17, 15) is 0 Å². The van der Waals surface area contributed by atoms with Gasteiger partial charge in [0.1, 0.15) is 0 Å². The van der Waals surface area contributed by atoms with Gasteiger partial charge in [0.25, 0.3) is 0 Å². The van der Waals surface area contributed by atoms with Gasteiger partial charge in [-0.1, -0.05) is 38.7 Å². The van der Waals surface area contributed by atoms with Crippen LogP contribution in [0.3, 0.4) is 0 Å². The number of aromatic nitrogens is 1. The van der Waals surface area contributed by atoms with E-state index in [1.54, 1.807) is 0 Å². The number of pyridine rings is 1. The number of hydrogen-bond acceptors (Lipinski definition) is 1. The van der Waals surface area contributed by atoms with Crippen molar-refractivity contribution in [3.63, 3.8) is 0 Å². The maximum absolute atomic E-state index is 4.29. The van der Waals surface area contributed by atoms with Gasteiger partial charge in [-0.25, -0.2) is 0 Å². The van der Waals surface area contributed by atoms with Gasteiger partial charge in [0.15, 0.2) is 0 Å². The maximum Gasteiger partial charge on any atom is 0.0404 e. The van der Waals surface area contributed by atoms with E-state index in [1.165, 1.54) is 49.8 Å². The van der Waals surface area contributed by atoms with E-state index >= 15 is 0 Å². The highest BCUT2D eigenvalue weighted by atomic mass is 14.7. The van der Waals surface area contributed by atoms with E-state index in [2.05, 4.69) is 24.9 Å². The first kappa shape index (κ1) is 11.2. The summed E-state index contributed by atoms with van der Waals surface area (Å²) in [6.45, 7) is 4.35. The van der Waals surface area contributed by atoms with Crippen LogP contribution in [-0.4, -0.2) is 4.98 Å². The third kappa shape index (κ3) is 3.91. The fraction of sp³-hybridized carbons (Fsp3) is 0.615. The Hall–Kier alpha value is -0.850. The Balaban J connectivity index is 2.21. The molecule has 0 aliphatic carbocycles. The summed E-state index contributed by atoms with van der Waals surface area (Å²) in [6, 6.07) is 4.23. The summed E-state index contributed by atoms with van der Waals surface area (Å²) in [5, 5.41) is 0. The van der Waals surface area contributed by atoms with Crippen molar-refractivity contribution in [3.8, 4) is 0 Å². The summed E-state index contributed by atoms with van der Waals surface area (Å²) in [5.41, 5.74) is 2.62. The van der Waals surface area contributed by atoms with Gasteiger partial charge in [-0.05, 0) is 31.4 Å². The lowest BCUT2D eigenvalue weighted by atomic mass is 10.0. The molecule has 1 aromatic rings. The van der Waals surface area contributed by atoms with Crippen LogP contribution in [0.5, 0.6) is 0 Å². The Morgan fingerprint density at radius 2 is 1.93 bits per heavy atom. The summed E-state index contributed by atoms with van der Waals surface area (Å²) in [5.74, 6) is 0. The lowest BCUT2D eigenvalue weighted by molar-refractivity contribution is 0.630. The molecule has 0 saturated heterocycles. The van der Waals surface area contributed by atoms with E-state index in [-0.39, 0.29) is 0 Å². The first-order chi connectivity index (χ1) is 6.84. The molecule has 14 heavy (non-hydrogen) atoms. The lowest BCUT2D eigenvalue weighted by Crippen LogP contribution is -1.92. The largest absolute Gasteiger partial charge is 0.261 e. The van der Waals surface area contributed by atoms with Gasteiger partial charge in [0, 0.05) is 11.9 Å². The van der Waals surface area contributed by atoms with Gasteiger partial charge < -0.3 is 0 Å². The summed E-state index contributed by atoms with van der Waals surface area (Å²) in [4.78, 5) is 4.29. The molecule has 0 saturated carbocycles. The molecular weight excluding hydrogens is 170 g/mol. The quantitative estimate of drug-likeness (QED) is 0.621. The zero-order chi connectivity index (χ0) is 10.2. The van der Waals surface area contributed by atoms with Gasteiger partial charge >= 0.3 is 0 Å². The zero-order valence-electron chi connectivity index (χ0n) is 9.42. The second-order valence-corrected chi connectivity index (χ2v) is 3.91. The summed E-state index contributed by atoms with van der Waals surface area (Å²) in [7, 11) is 0. The molecule has 78 valence electrons. The minimum absolute atomic E-state index is 1.20. The van der Waals surface area contributed by atoms with Crippen molar-refractivity contribution in [2.75, 3.05) is 0 Å². The standard InChI is InChI=1S/C13H21N/c1-3-4-5-6-7-9-13-10-8-11-14-12(13)2/h8,10-11H,3-7,9H2,1-2H3. The molecule has 0 spiro atoms. The molecule has 0 amide bonds.